The molecule has 0 heterocycles. The Morgan fingerprint density at radius 1 is 0.857 bits per heavy atom. The monoisotopic (exact) mass is 304 g/mol. The van der Waals surface area contributed by atoms with E-state index in [1.54, 1.807) is 42.5 Å². The summed E-state index contributed by atoms with van der Waals surface area (Å²) in [5.41, 5.74) is 1.55. The van der Waals surface area contributed by atoms with Gasteiger partial charge in [-0.3, -0.25) is 9.59 Å². The van der Waals surface area contributed by atoms with E-state index in [1.807, 2.05) is 0 Å². The van der Waals surface area contributed by atoms with Gasteiger partial charge < -0.3 is 9.47 Å². The van der Waals surface area contributed by atoms with Crippen molar-refractivity contribution in [1.82, 2.24) is 0 Å². The summed E-state index contributed by atoms with van der Waals surface area (Å²) in [6, 6.07) is 11.9. The predicted molar refractivity (Wildman–Crippen MR) is 79.5 cm³/mol. The minimum Gasteiger partial charge on any atom is -0.427 e. The highest BCUT2D eigenvalue weighted by atomic mass is 35.5. The number of hydrogen-bond donors (Lipinski definition) is 0. The summed E-state index contributed by atoms with van der Waals surface area (Å²) in [6.45, 7) is 2.68. The molecule has 0 aliphatic carbocycles. The van der Waals surface area contributed by atoms with E-state index < -0.39 is 5.97 Å². The third kappa shape index (κ3) is 4.07. The first-order valence-corrected chi connectivity index (χ1v) is 6.60. The van der Waals surface area contributed by atoms with Gasteiger partial charge >= 0.3 is 11.9 Å². The number of carbonyl (C=O) groups is 2. The number of carbonyl (C=O) groups excluding carboxylic acids is 2. The molecule has 0 bridgehead atoms. The number of rotatable bonds is 3. The van der Waals surface area contributed by atoms with Crippen LogP contribution < -0.4 is 9.47 Å². The molecule has 0 saturated heterocycles. The molecule has 108 valence electrons. The normalized spacial score (nSPS) is 10.0. The molecule has 21 heavy (non-hydrogen) atoms. The second-order valence-electron chi connectivity index (χ2n) is 4.35. The Morgan fingerprint density at radius 2 is 1.38 bits per heavy atom. The summed E-state index contributed by atoms with van der Waals surface area (Å²) in [4.78, 5) is 21.9. The first-order valence-electron chi connectivity index (χ1n) is 6.22. The van der Waals surface area contributed by atoms with E-state index in [4.69, 9.17) is 21.1 Å². The third-order valence-electron chi connectivity index (χ3n) is 2.63. The molecular formula is C16H13ClO4. The maximum absolute atomic E-state index is 11.0. The largest absolute Gasteiger partial charge is 0.427 e. The van der Waals surface area contributed by atoms with E-state index >= 15 is 0 Å². The van der Waals surface area contributed by atoms with E-state index in [0.29, 0.717) is 16.5 Å². The van der Waals surface area contributed by atoms with Crippen molar-refractivity contribution >= 4 is 23.5 Å². The van der Waals surface area contributed by atoms with Crippen molar-refractivity contribution in [1.29, 1.82) is 0 Å². The van der Waals surface area contributed by atoms with E-state index in [0.717, 1.165) is 11.1 Å². The summed E-state index contributed by atoms with van der Waals surface area (Å²) in [5, 5.41) is 0.533. The molecule has 0 N–H and O–H groups in total. The van der Waals surface area contributed by atoms with Gasteiger partial charge in [0.1, 0.15) is 11.5 Å². The van der Waals surface area contributed by atoms with Gasteiger partial charge in [-0.15, -0.1) is 0 Å². The van der Waals surface area contributed by atoms with Gasteiger partial charge in [-0.1, -0.05) is 23.7 Å². The van der Waals surface area contributed by atoms with Crippen LogP contribution >= 0.6 is 11.6 Å². The smallest absolute Gasteiger partial charge is 0.308 e. The standard InChI is InChI=1S/C16H13ClO4/c1-10(18)20-13-5-3-12(4-6-13)15-9-14(21-11(2)19)7-8-16(15)17/h3-9H,1-2H3. The van der Waals surface area contributed by atoms with Crippen LogP contribution in [0.25, 0.3) is 11.1 Å². The van der Waals surface area contributed by atoms with Crippen LogP contribution in [-0.4, -0.2) is 11.9 Å². The Bertz CT molecular complexity index is 677. The molecule has 0 fully saturated rings. The van der Waals surface area contributed by atoms with Crippen LogP contribution in [0.3, 0.4) is 0 Å². The number of esters is 2. The zero-order valence-electron chi connectivity index (χ0n) is 11.6. The van der Waals surface area contributed by atoms with Crippen LogP contribution in [0.15, 0.2) is 42.5 Å². The van der Waals surface area contributed by atoms with Crippen molar-refractivity contribution in [2.75, 3.05) is 0 Å². The van der Waals surface area contributed by atoms with E-state index in [1.165, 1.54) is 13.8 Å². The zero-order valence-corrected chi connectivity index (χ0v) is 12.3. The van der Waals surface area contributed by atoms with Crippen LogP contribution in [0.1, 0.15) is 13.8 Å². The Morgan fingerprint density at radius 3 is 1.95 bits per heavy atom. The minimum absolute atomic E-state index is 0.377. The van der Waals surface area contributed by atoms with E-state index in [2.05, 4.69) is 0 Å². The van der Waals surface area contributed by atoms with Crippen LogP contribution in [0.4, 0.5) is 0 Å². The van der Waals surface area contributed by atoms with Gasteiger partial charge in [0.05, 0.1) is 0 Å². The highest BCUT2D eigenvalue weighted by molar-refractivity contribution is 6.33. The summed E-state index contributed by atoms with van der Waals surface area (Å²) in [6.07, 6.45) is 0. The lowest BCUT2D eigenvalue weighted by molar-refractivity contribution is -0.132. The Balaban J connectivity index is 2.32. The van der Waals surface area contributed by atoms with Gasteiger partial charge in [-0.25, -0.2) is 0 Å². The first kappa shape index (κ1) is 15.1. The minimum atomic E-state index is -0.395. The fourth-order valence-electron chi connectivity index (χ4n) is 1.82. The highest BCUT2D eigenvalue weighted by Gasteiger charge is 2.08. The van der Waals surface area contributed by atoms with Crippen molar-refractivity contribution in [2.24, 2.45) is 0 Å². The van der Waals surface area contributed by atoms with Crippen molar-refractivity contribution in [3.05, 3.63) is 47.5 Å². The molecule has 0 atom stereocenters. The van der Waals surface area contributed by atoms with Gasteiger partial charge in [-0.2, -0.15) is 0 Å². The number of hydrogen-bond acceptors (Lipinski definition) is 4. The number of benzene rings is 2. The molecule has 0 unspecified atom stereocenters. The Labute approximate surface area is 127 Å². The number of halogens is 1. The molecule has 2 rings (SSSR count). The predicted octanol–water partition coefficient (Wildman–Crippen LogP) is 3.86. The second kappa shape index (κ2) is 6.41. The fourth-order valence-corrected chi connectivity index (χ4v) is 2.05. The van der Waals surface area contributed by atoms with Crippen LogP contribution in [0, 0.1) is 0 Å². The van der Waals surface area contributed by atoms with Crippen molar-refractivity contribution in [3.63, 3.8) is 0 Å². The molecule has 0 saturated carbocycles. The lowest BCUT2D eigenvalue weighted by atomic mass is 10.1. The molecule has 0 spiro atoms. The zero-order chi connectivity index (χ0) is 15.4. The molecule has 0 aliphatic heterocycles. The van der Waals surface area contributed by atoms with Gasteiger partial charge in [0.25, 0.3) is 0 Å². The lowest BCUT2D eigenvalue weighted by Crippen LogP contribution is -2.01. The molecule has 5 heteroatoms. The van der Waals surface area contributed by atoms with Crippen molar-refractivity contribution in [2.45, 2.75) is 13.8 Å². The van der Waals surface area contributed by atoms with Gasteiger partial charge in [-0.05, 0) is 35.9 Å². The Kier molecular flexibility index (Phi) is 4.60. The van der Waals surface area contributed by atoms with Crippen molar-refractivity contribution < 1.29 is 19.1 Å². The molecule has 0 aromatic heterocycles. The SMILES string of the molecule is CC(=O)Oc1ccc(-c2cc(OC(C)=O)ccc2Cl)cc1. The van der Waals surface area contributed by atoms with E-state index in [9.17, 15) is 9.59 Å². The maximum atomic E-state index is 11.0. The highest BCUT2D eigenvalue weighted by Crippen LogP contribution is 2.32. The van der Waals surface area contributed by atoms with Crippen LogP contribution in [-0.2, 0) is 9.59 Å². The summed E-state index contributed by atoms with van der Waals surface area (Å²) in [7, 11) is 0. The van der Waals surface area contributed by atoms with Crippen LogP contribution in [0.5, 0.6) is 11.5 Å². The molecule has 0 aliphatic rings. The Hall–Kier alpha value is -2.33. The quantitative estimate of drug-likeness (QED) is 0.638. The third-order valence-corrected chi connectivity index (χ3v) is 2.96. The molecule has 4 nitrogen and oxygen atoms in total. The molecule has 0 radical (unpaired) electrons. The fraction of sp³-hybridized carbons (Fsp3) is 0.125. The van der Waals surface area contributed by atoms with Gasteiger partial charge in [0.15, 0.2) is 0 Å². The van der Waals surface area contributed by atoms with E-state index in [-0.39, 0.29) is 5.97 Å². The molecule has 0 amide bonds. The molecular weight excluding hydrogens is 292 g/mol. The molecule has 2 aromatic carbocycles. The summed E-state index contributed by atoms with van der Waals surface area (Å²) >= 11 is 6.17. The molecule has 2 aromatic rings. The first-order chi connectivity index (χ1) is 9.95. The summed E-state index contributed by atoms with van der Waals surface area (Å²) < 4.78 is 10.0. The average molecular weight is 305 g/mol. The van der Waals surface area contributed by atoms with Gasteiger partial charge in [0.2, 0.25) is 0 Å². The van der Waals surface area contributed by atoms with Crippen molar-refractivity contribution in [3.8, 4) is 22.6 Å². The van der Waals surface area contributed by atoms with Gasteiger partial charge in [0, 0.05) is 24.4 Å². The second-order valence-corrected chi connectivity index (χ2v) is 4.76. The van der Waals surface area contributed by atoms with Crippen LogP contribution in [0.2, 0.25) is 5.02 Å². The topological polar surface area (TPSA) is 52.6 Å². The number of ether oxygens (including phenoxy) is 2. The average Bonchev–Trinajstić information content (AvgIpc) is 2.41. The maximum Gasteiger partial charge on any atom is 0.308 e. The lowest BCUT2D eigenvalue weighted by Gasteiger charge is -2.08. The summed E-state index contributed by atoms with van der Waals surface area (Å²) in [5.74, 6) is 0.107.